The second-order valence-corrected chi connectivity index (χ2v) is 10.2. The predicted molar refractivity (Wildman–Crippen MR) is 109 cm³/mol. The molecule has 2 aromatic heterocycles. The highest BCUT2D eigenvalue weighted by molar-refractivity contribution is 9.10. The molecule has 0 amide bonds. The minimum Gasteiger partial charge on any atom is -0.282 e. The van der Waals surface area contributed by atoms with Crippen LogP contribution in [0.5, 0.6) is 0 Å². The molecular weight excluding hydrogens is 434 g/mol. The van der Waals surface area contributed by atoms with Gasteiger partial charge in [0.05, 0.1) is 5.69 Å². The second kappa shape index (κ2) is 7.26. The number of benzene rings is 1. The lowest BCUT2D eigenvalue weighted by atomic mass is 10.1. The fraction of sp³-hybridized carbons (Fsp3) is 0.278. The summed E-state index contributed by atoms with van der Waals surface area (Å²) in [5, 5.41) is 7.29. The predicted octanol–water partition coefficient (Wildman–Crippen LogP) is 4.61. The van der Waals surface area contributed by atoms with Crippen molar-refractivity contribution in [2.24, 2.45) is 0 Å². The minimum atomic E-state index is -3.67. The summed E-state index contributed by atoms with van der Waals surface area (Å²) in [6, 6.07) is 7.57. The fourth-order valence-electron chi connectivity index (χ4n) is 2.84. The Morgan fingerprint density at radius 2 is 1.77 bits per heavy atom. The Labute approximate surface area is 166 Å². The maximum absolute atomic E-state index is 13.1. The van der Waals surface area contributed by atoms with E-state index < -0.39 is 10.0 Å². The van der Waals surface area contributed by atoms with E-state index >= 15 is 0 Å². The largest absolute Gasteiger partial charge is 0.282 e. The number of hydrogen-bond acceptors (Lipinski definition) is 4. The lowest BCUT2D eigenvalue weighted by Gasteiger charge is -2.10. The number of H-pyrrole nitrogens is 1. The molecule has 0 saturated carbocycles. The van der Waals surface area contributed by atoms with Gasteiger partial charge in [0.1, 0.15) is 4.90 Å². The number of hydrogen-bond donors (Lipinski definition) is 2. The molecule has 26 heavy (non-hydrogen) atoms. The number of nitrogens with one attached hydrogen (secondary N) is 2. The first kappa shape index (κ1) is 19.3. The fourth-order valence-corrected chi connectivity index (χ4v) is 5.98. The summed E-state index contributed by atoms with van der Waals surface area (Å²) in [4.78, 5) is 2.04. The highest BCUT2D eigenvalue weighted by Gasteiger charge is 2.28. The van der Waals surface area contributed by atoms with E-state index in [0.717, 1.165) is 31.0 Å². The van der Waals surface area contributed by atoms with Crippen LogP contribution >= 0.6 is 27.3 Å². The molecule has 3 aromatic rings. The van der Waals surface area contributed by atoms with Crippen molar-refractivity contribution >= 4 is 37.3 Å². The maximum atomic E-state index is 13.1. The first-order valence-electron chi connectivity index (χ1n) is 8.06. The number of aromatic amines is 1. The maximum Gasteiger partial charge on any atom is 0.242 e. The zero-order valence-electron chi connectivity index (χ0n) is 15.0. The van der Waals surface area contributed by atoms with Gasteiger partial charge in [-0.25, -0.2) is 13.1 Å². The van der Waals surface area contributed by atoms with Crippen molar-refractivity contribution in [3.05, 3.63) is 55.3 Å². The first-order valence-corrected chi connectivity index (χ1v) is 11.2. The minimum absolute atomic E-state index is 0.238. The first-order chi connectivity index (χ1) is 12.2. The molecule has 0 aliphatic heterocycles. The van der Waals surface area contributed by atoms with Crippen molar-refractivity contribution in [1.29, 1.82) is 0 Å². The summed E-state index contributed by atoms with van der Waals surface area (Å²) >= 11 is 4.86. The smallest absolute Gasteiger partial charge is 0.242 e. The van der Waals surface area contributed by atoms with E-state index in [4.69, 9.17) is 0 Å². The van der Waals surface area contributed by atoms with E-state index in [1.54, 1.807) is 0 Å². The van der Waals surface area contributed by atoms with Crippen LogP contribution in [0.1, 0.15) is 26.6 Å². The molecule has 0 saturated heterocycles. The number of rotatable bonds is 5. The summed E-state index contributed by atoms with van der Waals surface area (Å²) in [5.74, 6) is 0. The van der Waals surface area contributed by atoms with Crippen molar-refractivity contribution in [2.75, 3.05) is 0 Å². The number of halogens is 1. The number of thiophene rings is 1. The molecular formula is C18H20BrN3O2S2. The van der Waals surface area contributed by atoms with E-state index in [-0.39, 0.29) is 6.54 Å². The summed E-state index contributed by atoms with van der Waals surface area (Å²) in [7, 11) is -3.67. The molecule has 0 unspecified atom stereocenters. The molecule has 2 N–H and O–H groups in total. The third kappa shape index (κ3) is 3.64. The van der Waals surface area contributed by atoms with Crippen LogP contribution in [0.15, 0.2) is 33.6 Å². The lowest BCUT2D eigenvalue weighted by molar-refractivity contribution is 0.581. The Hall–Kier alpha value is -1.48. The van der Waals surface area contributed by atoms with Crippen LogP contribution in [0.2, 0.25) is 0 Å². The quantitative estimate of drug-likeness (QED) is 0.591. The van der Waals surface area contributed by atoms with Crippen molar-refractivity contribution in [2.45, 2.75) is 39.1 Å². The molecule has 0 spiro atoms. The van der Waals surface area contributed by atoms with Crippen LogP contribution in [-0.4, -0.2) is 18.6 Å². The van der Waals surface area contributed by atoms with Crippen LogP contribution in [0.4, 0.5) is 0 Å². The topological polar surface area (TPSA) is 74.8 Å². The third-order valence-corrected chi connectivity index (χ3v) is 7.59. The molecule has 0 radical (unpaired) electrons. The molecule has 8 heteroatoms. The van der Waals surface area contributed by atoms with Gasteiger partial charge in [0.15, 0.2) is 0 Å². The average molecular weight is 454 g/mol. The Morgan fingerprint density at radius 3 is 2.35 bits per heavy atom. The SMILES string of the molecule is Cc1[nH]nc(-c2c(C)sc(C)c2S(=O)(=O)NCc2ccc(Br)cc2)c1C. The van der Waals surface area contributed by atoms with E-state index in [1.165, 1.54) is 11.3 Å². The van der Waals surface area contributed by atoms with E-state index in [0.29, 0.717) is 16.2 Å². The number of nitrogens with zero attached hydrogens (tertiary/aromatic N) is 1. The number of aryl methyl sites for hydroxylation is 3. The van der Waals surface area contributed by atoms with Gasteiger partial charge in [-0.05, 0) is 51.0 Å². The van der Waals surface area contributed by atoms with Gasteiger partial charge < -0.3 is 0 Å². The second-order valence-electron chi connectivity index (χ2n) is 6.19. The van der Waals surface area contributed by atoms with Crippen LogP contribution in [0.3, 0.4) is 0 Å². The molecule has 0 aliphatic rings. The number of aromatic nitrogens is 2. The molecule has 0 atom stereocenters. The van der Waals surface area contributed by atoms with Crippen molar-refractivity contribution < 1.29 is 8.42 Å². The van der Waals surface area contributed by atoms with Gasteiger partial charge in [0.25, 0.3) is 0 Å². The van der Waals surface area contributed by atoms with Crippen LogP contribution < -0.4 is 4.72 Å². The zero-order chi connectivity index (χ0) is 19.1. The van der Waals surface area contributed by atoms with Gasteiger partial charge >= 0.3 is 0 Å². The van der Waals surface area contributed by atoms with Crippen molar-refractivity contribution in [1.82, 2.24) is 14.9 Å². The van der Waals surface area contributed by atoms with Crippen molar-refractivity contribution in [3.8, 4) is 11.3 Å². The summed E-state index contributed by atoms with van der Waals surface area (Å²) in [6.45, 7) is 7.89. The highest BCUT2D eigenvalue weighted by atomic mass is 79.9. The molecule has 2 heterocycles. The monoisotopic (exact) mass is 453 g/mol. The average Bonchev–Trinajstić information content (AvgIpc) is 3.06. The molecule has 0 aliphatic carbocycles. The van der Waals surface area contributed by atoms with Gasteiger partial charge in [0, 0.05) is 32.0 Å². The molecule has 138 valence electrons. The van der Waals surface area contributed by atoms with Crippen LogP contribution in [0.25, 0.3) is 11.3 Å². The van der Waals surface area contributed by atoms with Gasteiger partial charge in [0.2, 0.25) is 10.0 Å². The van der Waals surface area contributed by atoms with E-state index in [9.17, 15) is 8.42 Å². The van der Waals surface area contributed by atoms with Gasteiger partial charge in [-0.3, -0.25) is 5.10 Å². The highest BCUT2D eigenvalue weighted by Crippen LogP contribution is 2.39. The van der Waals surface area contributed by atoms with Crippen LogP contribution in [-0.2, 0) is 16.6 Å². The van der Waals surface area contributed by atoms with E-state index in [1.807, 2.05) is 52.0 Å². The molecule has 3 rings (SSSR count). The zero-order valence-corrected chi connectivity index (χ0v) is 18.2. The van der Waals surface area contributed by atoms with Gasteiger partial charge in [-0.2, -0.15) is 5.10 Å². The Morgan fingerprint density at radius 1 is 1.12 bits per heavy atom. The summed E-state index contributed by atoms with van der Waals surface area (Å²) in [6.07, 6.45) is 0. The molecule has 0 fully saturated rings. The Bertz CT molecular complexity index is 1050. The summed E-state index contributed by atoms with van der Waals surface area (Å²) < 4.78 is 29.8. The summed E-state index contributed by atoms with van der Waals surface area (Å²) in [5.41, 5.74) is 4.20. The third-order valence-electron chi connectivity index (χ3n) is 4.34. The molecule has 1 aromatic carbocycles. The standard InChI is InChI=1S/C18H20BrN3O2S2/c1-10-11(2)21-22-17(10)16-12(3)25-13(4)18(16)26(23,24)20-9-14-5-7-15(19)8-6-14/h5-8,20H,9H2,1-4H3,(H,21,22). The van der Waals surface area contributed by atoms with Crippen LogP contribution in [0, 0.1) is 27.7 Å². The number of sulfonamides is 1. The van der Waals surface area contributed by atoms with Gasteiger partial charge in [-0.1, -0.05) is 28.1 Å². The molecule has 5 nitrogen and oxygen atoms in total. The van der Waals surface area contributed by atoms with E-state index in [2.05, 4.69) is 30.8 Å². The Kier molecular flexibility index (Phi) is 5.39. The molecule has 0 bridgehead atoms. The van der Waals surface area contributed by atoms with Gasteiger partial charge in [-0.15, -0.1) is 11.3 Å². The Balaban J connectivity index is 2.00. The van der Waals surface area contributed by atoms with Crippen molar-refractivity contribution in [3.63, 3.8) is 0 Å². The lowest BCUT2D eigenvalue weighted by Crippen LogP contribution is -2.24. The normalized spacial score (nSPS) is 11.9.